The van der Waals surface area contributed by atoms with Gasteiger partial charge in [0.25, 0.3) is 11.8 Å². The molecule has 166 valence electrons. The standard InChI is InChI=1S/C26H23N3O4/c1-16-4-3-5-18(12-16)26(31)28-19-8-11-22-21(13-19)24(33-15-25(27)30)14-23(29-22)17-6-9-20(32-2)10-7-17/h3-14H,15H2,1-2H3,(H2,27,30)(H,28,31). The van der Waals surface area contributed by atoms with E-state index in [4.69, 9.17) is 20.2 Å². The highest BCUT2D eigenvalue weighted by molar-refractivity contribution is 6.05. The molecule has 0 radical (unpaired) electrons. The molecule has 0 fully saturated rings. The topological polar surface area (TPSA) is 104 Å². The van der Waals surface area contributed by atoms with E-state index in [1.165, 1.54) is 0 Å². The minimum absolute atomic E-state index is 0.222. The van der Waals surface area contributed by atoms with Crippen LogP contribution in [-0.2, 0) is 4.79 Å². The summed E-state index contributed by atoms with van der Waals surface area (Å²) in [6.07, 6.45) is 0. The summed E-state index contributed by atoms with van der Waals surface area (Å²) in [4.78, 5) is 28.7. The number of rotatable bonds is 7. The van der Waals surface area contributed by atoms with Gasteiger partial charge in [0.15, 0.2) is 6.61 Å². The van der Waals surface area contributed by atoms with Gasteiger partial charge in [-0.25, -0.2) is 4.98 Å². The predicted molar refractivity (Wildman–Crippen MR) is 128 cm³/mol. The molecule has 4 rings (SSSR count). The number of carbonyl (C=O) groups excluding carboxylic acids is 2. The van der Waals surface area contributed by atoms with Crippen molar-refractivity contribution >= 4 is 28.4 Å². The van der Waals surface area contributed by atoms with Gasteiger partial charge in [0, 0.05) is 28.3 Å². The lowest BCUT2D eigenvalue weighted by Crippen LogP contribution is -2.20. The zero-order chi connectivity index (χ0) is 23.4. The van der Waals surface area contributed by atoms with Crippen LogP contribution in [-0.4, -0.2) is 30.5 Å². The van der Waals surface area contributed by atoms with Crippen molar-refractivity contribution < 1.29 is 19.1 Å². The molecule has 3 aromatic carbocycles. The minimum atomic E-state index is -0.588. The van der Waals surface area contributed by atoms with Gasteiger partial charge in [-0.1, -0.05) is 17.7 Å². The molecule has 0 saturated carbocycles. The number of pyridine rings is 1. The first-order valence-electron chi connectivity index (χ1n) is 10.3. The number of aromatic nitrogens is 1. The molecule has 1 heterocycles. The number of hydrogen-bond donors (Lipinski definition) is 2. The number of amides is 2. The second kappa shape index (κ2) is 9.40. The highest BCUT2D eigenvalue weighted by atomic mass is 16.5. The van der Waals surface area contributed by atoms with Crippen LogP contribution < -0.4 is 20.5 Å². The largest absolute Gasteiger partial charge is 0.497 e. The quantitative estimate of drug-likeness (QED) is 0.444. The van der Waals surface area contributed by atoms with Crippen molar-refractivity contribution in [3.05, 3.63) is 83.9 Å². The Morgan fingerprint density at radius 2 is 1.79 bits per heavy atom. The molecule has 7 heteroatoms. The molecular weight excluding hydrogens is 418 g/mol. The number of carbonyl (C=O) groups is 2. The highest BCUT2D eigenvalue weighted by Gasteiger charge is 2.13. The van der Waals surface area contributed by atoms with Gasteiger partial charge in [-0.3, -0.25) is 9.59 Å². The number of nitrogens with one attached hydrogen (secondary N) is 1. The van der Waals surface area contributed by atoms with Crippen molar-refractivity contribution in [2.75, 3.05) is 19.0 Å². The number of hydrogen-bond acceptors (Lipinski definition) is 5. The van der Waals surface area contributed by atoms with Gasteiger partial charge in [0.1, 0.15) is 11.5 Å². The number of methoxy groups -OCH3 is 1. The summed E-state index contributed by atoms with van der Waals surface area (Å²) < 4.78 is 10.9. The third-order valence-corrected chi connectivity index (χ3v) is 5.06. The lowest BCUT2D eigenvalue weighted by molar-refractivity contribution is -0.119. The molecule has 3 N–H and O–H groups in total. The summed E-state index contributed by atoms with van der Waals surface area (Å²) in [7, 11) is 1.61. The molecule has 2 amide bonds. The van der Waals surface area contributed by atoms with Gasteiger partial charge in [-0.15, -0.1) is 0 Å². The molecule has 0 saturated heterocycles. The van der Waals surface area contributed by atoms with E-state index < -0.39 is 5.91 Å². The highest BCUT2D eigenvalue weighted by Crippen LogP contribution is 2.32. The smallest absolute Gasteiger partial charge is 0.255 e. The number of nitrogens with two attached hydrogens (primary N) is 1. The fourth-order valence-corrected chi connectivity index (χ4v) is 3.44. The fourth-order valence-electron chi connectivity index (χ4n) is 3.44. The van der Waals surface area contributed by atoms with Gasteiger partial charge >= 0.3 is 0 Å². The summed E-state index contributed by atoms with van der Waals surface area (Å²) in [5, 5.41) is 3.55. The maximum Gasteiger partial charge on any atom is 0.255 e. The number of anilines is 1. The number of benzene rings is 3. The second-order valence-corrected chi connectivity index (χ2v) is 7.54. The Morgan fingerprint density at radius 3 is 2.48 bits per heavy atom. The Morgan fingerprint density at radius 1 is 1.00 bits per heavy atom. The zero-order valence-corrected chi connectivity index (χ0v) is 18.3. The van der Waals surface area contributed by atoms with Crippen molar-refractivity contribution in [3.63, 3.8) is 0 Å². The normalized spacial score (nSPS) is 10.6. The van der Waals surface area contributed by atoms with Gasteiger partial charge < -0.3 is 20.5 Å². The van der Waals surface area contributed by atoms with Gasteiger partial charge in [0.05, 0.1) is 18.3 Å². The van der Waals surface area contributed by atoms with Crippen molar-refractivity contribution in [2.24, 2.45) is 5.73 Å². The molecule has 7 nitrogen and oxygen atoms in total. The lowest BCUT2D eigenvalue weighted by atomic mass is 10.1. The van der Waals surface area contributed by atoms with Crippen molar-refractivity contribution in [1.82, 2.24) is 4.98 Å². The maximum atomic E-state index is 12.7. The van der Waals surface area contributed by atoms with Crippen LogP contribution in [0.4, 0.5) is 5.69 Å². The van der Waals surface area contributed by atoms with Crippen LogP contribution in [0.1, 0.15) is 15.9 Å². The average Bonchev–Trinajstić information content (AvgIpc) is 2.82. The summed E-state index contributed by atoms with van der Waals surface area (Å²) in [6.45, 7) is 1.66. The Labute approximate surface area is 191 Å². The number of aryl methyl sites for hydroxylation is 1. The third-order valence-electron chi connectivity index (χ3n) is 5.06. The SMILES string of the molecule is COc1ccc(-c2cc(OCC(N)=O)c3cc(NC(=O)c4cccc(C)c4)ccc3n2)cc1. The maximum absolute atomic E-state index is 12.7. The Hall–Kier alpha value is -4.39. The van der Waals surface area contributed by atoms with E-state index in [0.717, 1.165) is 16.9 Å². The third kappa shape index (κ3) is 5.10. The van der Waals surface area contributed by atoms with E-state index in [9.17, 15) is 9.59 Å². The molecule has 0 atom stereocenters. The zero-order valence-electron chi connectivity index (χ0n) is 18.3. The van der Waals surface area contributed by atoms with Crippen LogP contribution in [0.25, 0.3) is 22.2 Å². The molecule has 33 heavy (non-hydrogen) atoms. The van der Waals surface area contributed by atoms with Crippen LogP contribution in [0.2, 0.25) is 0 Å². The molecule has 4 aromatic rings. The molecule has 0 aliphatic carbocycles. The van der Waals surface area contributed by atoms with Gasteiger partial charge in [-0.2, -0.15) is 0 Å². The van der Waals surface area contributed by atoms with E-state index in [2.05, 4.69) is 5.32 Å². The van der Waals surface area contributed by atoms with E-state index in [1.54, 1.807) is 37.4 Å². The summed E-state index contributed by atoms with van der Waals surface area (Å²) >= 11 is 0. The Kier molecular flexibility index (Phi) is 6.22. The number of fused-ring (bicyclic) bond motifs is 1. The van der Waals surface area contributed by atoms with Crippen LogP contribution >= 0.6 is 0 Å². The second-order valence-electron chi connectivity index (χ2n) is 7.54. The monoisotopic (exact) mass is 441 g/mol. The van der Waals surface area contributed by atoms with Crippen LogP contribution in [0.15, 0.2) is 72.8 Å². The number of ether oxygens (including phenoxy) is 2. The van der Waals surface area contributed by atoms with Gasteiger partial charge in [-0.05, 0) is 61.5 Å². The molecule has 0 bridgehead atoms. The van der Waals surface area contributed by atoms with Crippen LogP contribution in [0, 0.1) is 6.92 Å². The Balaban J connectivity index is 1.71. The minimum Gasteiger partial charge on any atom is -0.497 e. The molecule has 0 spiro atoms. The van der Waals surface area contributed by atoms with Crippen molar-refractivity contribution in [1.29, 1.82) is 0 Å². The summed E-state index contributed by atoms with van der Waals surface area (Å²) in [6, 6.07) is 21.9. The molecule has 0 aliphatic rings. The first kappa shape index (κ1) is 21.8. The first-order valence-corrected chi connectivity index (χ1v) is 10.3. The number of nitrogens with zero attached hydrogens (tertiary/aromatic N) is 1. The average molecular weight is 441 g/mol. The predicted octanol–water partition coefficient (Wildman–Crippen LogP) is 4.34. The molecular formula is C26H23N3O4. The van der Waals surface area contributed by atoms with E-state index in [1.807, 2.05) is 49.4 Å². The lowest BCUT2D eigenvalue weighted by Gasteiger charge is -2.13. The molecule has 1 aromatic heterocycles. The van der Waals surface area contributed by atoms with Crippen LogP contribution in [0.5, 0.6) is 11.5 Å². The van der Waals surface area contributed by atoms with E-state index >= 15 is 0 Å². The van der Waals surface area contributed by atoms with E-state index in [-0.39, 0.29) is 12.5 Å². The van der Waals surface area contributed by atoms with Crippen molar-refractivity contribution in [3.8, 4) is 22.8 Å². The van der Waals surface area contributed by atoms with E-state index in [0.29, 0.717) is 33.6 Å². The number of primary amides is 1. The first-order chi connectivity index (χ1) is 15.9. The summed E-state index contributed by atoms with van der Waals surface area (Å²) in [5.41, 5.74) is 9.61. The van der Waals surface area contributed by atoms with Gasteiger partial charge in [0.2, 0.25) is 0 Å². The van der Waals surface area contributed by atoms with Crippen LogP contribution in [0.3, 0.4) is 0 Å². The molecule has 0 aliphatic heterocycles. The van der Waals surface area contributed by atoms with Crippen molar-refractivity contribution in [2.45, 2.75) is 6.92 Å². The fraction of sp³-hybridized carbons (Fsp3) is 0.115. The Bertz CT molecular complexity index is 1330. The molecule has 0 unspecified atom stereocenters. The summed E-state index contributed by atoms with van der Waals surface area (Å²) in [5.74, 6) is 0.366.